The summed E-state index contributed by atoms with van der Waals surface area (Å²) in [6.07, 6.45) is 3.79. The van der Waals surface area contributed by atoms with Crippen molar-refractivity contribution in [3.8, 4) is 0 Å². The molecule has 0 aliphatic carbocycles. The van der Waals surface area contributed by atoms with Gasteiger partial charge in [0.1, 0.15) is 5.15 Å². The second-order valence-corrected chi connectivity index (χ2v) is 4.24. The van der Waals surface area contributed by atoms with Gasteiger partial charge in [0, 0.05) is 25.8 Å². The Labute approximate surface area is 100 Å². The Hall–Kier alpha value is -1.29. The molecule has 0 bridgehead atoms. The summed E-state index contributed by atoms with van der Waals surface area (Å²) in [6, 6.07) is 3.78. The van der Waals surface area contributed by atoms with Crippen LogP contribution in [0.3, 0.4) is 0 Å². The van der Waals surface area contributed by atoms with E-state index in [1.54, 1.807) is 12.3 Å². The fourth-order valence-electron chi connectivity index (χ4n) is 1.74. The zero-order valence-electron chi connectivity index (χ0n) is 9.04. The highest BCUT2D eigenvalue weighted by atomic mass is 35.5. The molecule has 0 saturated carbocycles. The highest BCUT2D eigenvalue weighted by Gasteiger charge is 2.13. The zero-order chi connectivity index (χ0) is 11.4. The third-order valence-corrected chi connectivity index (χ3v) is 2.90. The van der Waals surface area contributed by atoms with Gasteiger partial charge in [-0.05, 0) is 24.5 Å². The number of nitrogens with zero attached hydrogens (tertiary/aromatic N) is 2. The number of halogens is 1. The Morgan fingerprint density at radius 2 is 2.38 bits per heavy atom. The topological polar surface area (TPSA) is 52.0 Å². The lowest BCUT2D eigenvalue weighted by molar-refractivity contribution is 0.367. The first-order valence-corrected chi connectivity index (χ1v) is 5.81. The molecule has 0 radical (unpaired) electrons. The maximum absolute atomic E-state index is 7.72. The van der Waals surface area contributed by atoms with Gasteiger partial charge in [-0.15, -0.1) is 0 Å². The fraction of sp³-hybridized carbons (Fsp3) is 0.455. The van der Waals surface area contributed by atoms with E-state index in [0.29, 0.717) is 11.1 Å². The van der Waals surface area contributed by atoms with E-state index in [0.717, 1.165) is 38.0 Å². The average molecular weight is 239 g/mol. The van der Waals surface area contributed by atoms with E-state index >= 15 is 0 Å². The highest BCUT2D eigenvalue weighted by molar-refractivity contribution is 6.29. The molecule has 2 rings (SSSR count). The number of guanidine groups is 1. The van der Waals surface area contributed by atoms with E-state index < -0.39 is 0 Å². The summed E-state index contributed by atoms with van der Waals surface area (Å²) < 4.78 is 0. The van der Waals surface area contributed by atoms with Crippen LogP contribution in [0.15, 0.2) is 18.3 Å². The Balaban J connectivity index is 1.86. The molecule has 1 fully saturated rings. The molecule has 0 spiro atoms. The molecule has 0 atom stereocenters. The minimum atomic E-state index is 0.524. The van der Waals surface area contributed by atoms with Gasteiger partial charge in [0.05, 0.1) is 0 Å². The Bertz CT molecular complexity index is 363. The summed E-state index contributed by atoms with van der Waals surface area (Å²) >= 11 is 5.72. The van der Waals surface area contributed by atoms with Crippen LogP contribution in [0.1, 0.15) is 12.0 Å². The maximum Gasteiger partial charge on any atom is 0.191 e. The van der Waals surface area contributed by atoms with Crippen LogP contribution in [0.2, 0.25) is 5.15 Å². The summed E-state index contributed by atoms with van der Waals surface area (Å²) in [4.78, 5) is 6.09. The van der Waals surface area contributed by atoms with Gasteiger partial charge in [0.25, 0.3) is 0 Å². The summed E-state index contributed by atoms with van der Waals surface area (Å²) in [5, 5.41) is 11.3. The van der Waals surface area contributed by atoms with Crippen molar-refractivity contribution in [1.82, 2.24) is 15.2 Å². The molecule has 86 valence electrons. The second-order valence-electron chi connectivity index (χ2n) is 3.86. The van der Waals surface area contributed by atoms with Crippen LogP contribution in [-0.2, 0) is 6.42 Å². The molecule has 0 amide bonds. The standard InChI is InChI=1S/C11H15ClN4/c12-10-3-2-9(8-15-10)4-7-16-6-1-5-14-11(16)13/h2-3,8H,1,4-7H2,(H2,13,14). The van der Waals surface area contributed by atoms with E-state index in [9.17, 15) is 0 Å². The van der Waals surface area contributed by atoms with Gasteiger partial charge >= 0.3 is 0 Å². The van der Waals surface area contributed by atoms with Crippen molar-refractivity contribution in [2.24, 2.45) is 0 Å². The van der Waals surface area contributed by atoms with E-state index in [4.69, 9.17) is 17.0 Å². The lowest BCUT2D eigenvalue weighted by Crippen LogP contribution is -2.47. The molecule has 0 aromatic carbocycles. The largest absolute Gasteiger partial charge is 0.356 e. The van der Waals surface area contributed by atoms with Crippen LogP contribution in [0.25, 0.3) is 0 Å². The van der Waals surface area contributed by atoms with Crippen molar-refractivity contribution in [3.05, 3.63) is 29.0 Å². The first kappa shape index (κ1) is 11.2. The van der Waals surface area contributed by atoms with Crippen molar-refractivity contribution in [3.63, 3.8) is 0 Å². The molecule has 16 heavy (non-hydrogen) atoms. The van der Waals surface area contributed by atoms with E-state index in [-0.39, 0.29) is 0 Å². The first-order chi connectivity index (χ1) is 7.75. The van der Waals surface area contributed by atoms with Crippen LogP contribution in [0, 0.1) is 5.41 Å². The quantitative estimate of drug-likeness (QED) is 0.785. The normalized spacial score (nSPS) is 16.1. The molecule has 0 unspecified atom stereocenters. The van der Waals surface area contributed by atoms with Crippen LogP contribution in [0.4, 0.5) is 0 Å². The molecule has 2 N–H and O–H groups in total. The van der Waals surface area contributed by atoms with Gasteiger partial charge in [-0.2, -0.15) is 0 Å². The van der Waals surface area contributed by atoms with Crippen LogP contribution in [0.5, 0.6) is 0 Å². The number of nitrogens with one attached hydrogen (secondary N) is 2. The van der Waals surface area contributed by atoms with E-state index in [1.165, 1.54) is 0 Å². The molecular weight excluding hydrogens is 224 g/mol. The van der Waals surface area contributed by atoms with Crippen molar-refractivity contribution >= 4 is 17.6 Å². The third-order valence-electron chi connectivity index (χ3n) is 2.67. The smallest absolute Gasteiger partial charge is 0.191 e. The van der Waals surface area contributed by atoms with Gasteiger partial charge < -0.3 is 10.2 Å². The van der Waals surface area contributed by atoms with Crippen molar-refractivity contribution in [2.45, 2.75) is 12.8 Å². The fourth-order valence-corrected chi connectivity index (χ4v) is 1.85. The minimum absolute atomic E-state index is 0.524. The molecule has 1 aliphatic rings. The molecule has 1 aromatic rings. The van der Waals surface area contributed by atoms with Crippen molar-refractivity contribution < 1.29 is 0 Å². The molecule has 1 aromatic heterocycles. The summed E-state index contributed by atoms with van der Waals surface area (Å²) in [5.74, 6) is 0.535. The molecule has 4 nitrogen and oxygen atoms in total. The zero-order valence-corrected chi connectivity index (χ0v) is 9.80. The molecule has 1 aliphatic heterocycles. The molecule has 5 heteroatoms. The van der Waals surface area contributed by atoms with Gasteiger partial charge in [-0.1, -0.05) is 17.7 Å². The monoisotopic (exact) mass is 238 g/mol. The lowest BCUT2D eigenvalue weighted by Gasteiger charge is -2.29. The van der Waals surface area contributed by atoms with Crippen molar-refractivity contribution in [1.29, 1.82) is 5.41 Å². The Kier molecular flexibility index (Phi) is 3.62. The van der Waals surface area contributed by atoms with Crippen LogP contribution >= 0.6 is 11.6 Å². The number of rotatable bonds is 3. The summed E-state index contributed by atoms with van der Waals surface area (Å²) in [7, 11) is 0. The number of aromatic nitrogens is 1. The SMILES string of the molecule is N=C1NCCCN1CCc1ccc(Cl)nc1. The predicted molar refractivity (Wildman–Crippen MR) is 64.9 cm³/mol. The number of pyridine rings is 1. The predicted octanol–water partition coefficient (Wildman–Crippen LogP) is 1.51. The van der Waals surface area contributed by atoms with Crippen molar-refractivity contribution in [2.75, 3.05) is 19.6 Å². The first-order valence-electron chi connectivity index (χ1n) is 5.43. The highest BCUT2D eigenvalue weighted by Crippen LogP contribution is 2.07. The molecular formula is C11H15ClN4. The van der Waals surface area contributed by atoms with Crippen LogP contribution < -0.4 is 5.32 Å². The Morgan fingerprint density at radius 1 is 1.50 bits per heavy atom. The van der Waals surface area contributed by atoms with Gasteiger partial charge in [0.15, 0.2) is 5.96 Å². The molecule has 2 heterocycles. The summed E-state index contributed by atoms with van der Waals surface area (Å²) in [5.41, 5.74) is 1.16. The maximum atomic E-state index is 7.72. The minimum Gasteiger partial charge on any atom is -0.356 e. The number of hydrogen-bond acceptors (Lipinski definition) is 2. The lowest BCUT2D eigenvalue weighted by atomic mass is 10.2. The summed E-state index contributed by atoms with van der Waals surface area (Å²) in [6.45, 7) is 2.74. The number of hydrogen-bond donors (Lipinski definition) is 2. The van der Waals surface area contributed by atoms with Crippen LogP contribution in [-0.4, -0.2) is 35.5 Å². The second kappa shape index (κ2) is 5.16. The van der Waals surface area contributed by atoms with Gasteiger partial charge in [0.2, 0.25) is 0 Å². The van der Waals surface area contributed by atoms with Gasteiger partial charge in [-0.25, -0.2) is 4.98 Å². The average Bonchev–Trinajstić information content (AvgIpc) is 2.30. The molecule has 1 saturated heterocycles. The van der Waals surface area contributed by atoms with Gasteiger partial charge in [-0.3, -0.25) is 5.41 Å². The Morgan fingerprint density at radius 3 is 3.06 bits per heavy atom. The van der Waals surface area contributed by atoms with E-state index in [1.807, 2.05) is 6.07 Å². The third kappa shape index (κ3) is 2.85. The van der Waals surface area contributed by atoms with E-state index in [2.05, 4.69) is 15.2 Å².